The zero-order valence-corrected chi connectivity index (χ0v) is 16.5. The number of nitriles is 1. The first-order valence-electron chi connectivity index (χ1n) is 8.40. The molecule has 0 heterocycles. The van der Waals surface area contributed by atoms with Crippen LogP contribution in [0.1, 0.15) is 23.6 Å². The molecule has 30 heavy (non-hydrogen) atoms. The number of rotatable bonds is 6. The minimum Gasteiger partial charge on any atom is -0.379 e. The lowest BCUT2D eigenvalue weighted by Gasteiger charge is -2.22. The van der Waals surface area contributed by atoms with Gasteiger partial charge in [0.05, 0.1) is 27.8 Å². The van der Waals surface area contributed by atoms with E-state index in [9.17, 15) is 31.5 Å². The molecule has 0 aliphatic carbocycles. The lowest BCUT2D eigenvalue weighted by molar-refractivity contribution is -0.137. The van der Waals surface area contributed by atoms with Gasteiger partial charge in [-0.1, -0.05) is 24.8 Å². The van der Waals surface area contributed by atoms with Crippen LogP contribution < -0.4 is 5.32 Å². The Hall–Kier alpha value is -3.16. The van der Waals surface area contributed by atoms with Gasteiger partial charge in [-0.3, -0.25) is 4.79 Å². The van der Waals surface area contributed by atoms with E-state index in [0.717, 1.165) is 19.1 Å². The highest BCUT2D eigenvalue weighted by Gasteiger charge is 2.38. The Balaban J connectivity index is 2.25. The van der Waals surface area contributed by atoms with Gasteiger partial charge in [-0.25, -0.2) is 8.42 Å². The van der Waals surface area contributed by atoms with Crippen LogP contribution in [0, 0.1) is 11.3 Å². The van der Waals surface area contributed by atoms with Gasteiger partial charge in [-0.05, 0) is 42.8 Å². The van der Waals surface area contributed by atoms with Crippen LogP contribution in [-0.4, -0.2) is 30.8 Å². The third-order valence-electron chi connectivity index (χ3n) is 4.14. The second kappa shape index (κ2) is 8.30. The summed E-state index contributed by atoms with van der Waals surface area (Å²) in [7, 11) is -4.09. The van der Waals surface area contributed by atoms with E-state index < -0.39 is 44.4 Å². The first-order chi connectivity index (χ1) is 13.8. The van der Waals surface area contributed by atoms with Crippen LogP contribution in [0.3, 0.4) is 0 Å². The van der Waals surface area contributed by atoms with E-state index in [1.54, 1.807) is 0 Å². The lowest BCUT2D eigenvalue weighted by atomic mass is 10.1. The first kappa shape index (κ1) is 23.1. The van der Waals surface area contributed by atoms with Crippen molar-refractivity contribution in [2.75, 3.05) is 11.1 Å². The fourth-order valence-electron chi connectivity index (χ4n) is 2.55. The van der Waals surface area contributed by atoms with Crippen molar-refractivity contribution in [3.05, 3.63) is 65.7 Å². The van der Waals surface area contributed by atoms with E-state index >= 15 is 0 Å². The summed E-state index contributed by atoms with van der Waals surface area (Å²) in [5.41, 5.74) is -4.03. The van der Waals surface area contributed by atoms with Crippen molar-refractivity contribution >= 4 is 27.5 Å². The zero-order chi connectivity index (χ0) is 22.7. The van der Waals surface area contributed by atoms with Crippen molar-refractivity contribution in [1.29, 1.82) is 5.26 Å². The summed E-state index contributed by atoms with van der Waals surface area (Å²) in [6, 6.07) is 9.41. The Labute approximate surface area is 171 Å². The molecule has 0 aliphatic heterocycles. The third kappa shape index (κ3) is 5.25. The topological polar surface area (TPSA) is 107 Å². The van der Waals surface area contributed by atoms with Crippen LogP contribution in [-0.2, 0) is 20.8 Å². The van der Waals surface area contributed by atoms with Crippen LogP contribution in [0.15, 0.2) is 53.9 Å². The number of amides is 1. The van der Waals surface area contributed by atoms with Crippen LogP contribution in [0.25, 0.3) is 6.08 Å². The van der Waals surface area contributed by atoms with Crippen molar-refractivity contribution in [2.45, 2.75) is 23.6 Å². The van der Waals surface area contributed by atoms with E-state index in [2.05, 4.69) is 11.9 Å². The van der Waals surface area contributed by atoms with Gasteiger partial charge in [-0.15, -0.1) is 0 Å². The molecule has 0 saturated heterocycles. The molecule has 0 radical (unpaired) electrons. The second-order valence-electron chi connectivity index (χ2n) is 6.63. The van der Waals surface area contributed by atoms with E-state index in [0.29, 0.717) is 11.6 Å². The van der Waals surface area contributed by atoms with Gasteiger partial charge in [0.25, 0.3) is 5.91 Å². The number of carbonyl (C=O) groups is 1. The van der Waals surface area contributed by atoms with Gasteiger partial charge in [0.2, 0.25) is 0 Å². The summed E-state index contributed by atoms with van der Waals surface area (Å²) < 4.78 is 64.2. The molecule has 0 bridgehead atoms. The quantitative estimate of drug-likeness (QED) is 0.719. The molecule has 0 spiro atoms. The van der Waals surface area contributed by atoms with Gasteiger partial charge in [0.1, 0.15) is 0 Å². The summed E-state index contributed by atoms with van der Waals surface area (Å²) in [6.07, 6.45) is -3.33. The molecule has 2 aromatic rings. The number of halogens is 3. The Morgan fingerprint density at radius 3 is 2.33 bits per heavy atom. The molecule has 0 fully saturated rings. The highest BCUT2D eigenvalue weighted by Crippen LogP contribution is 2.33. The van der Waals surface area contributed by atoms with E-state index in [1.807, 2.05) is 0 Å². The van der Waals surface area contributed by atoms with Crippen molar-refractivity contribution in [2.24, 2.45) is 0 Å². The molecule has 2 aromatic carbocycles. The molecular weight excluding hydrogens is 421 g/mol. The third-order valence-corrected chi connectivity index (χ3v) is 6.07. The first-order valence-corrected chi connectivity index (χ1v) is 10.1. The number of anilines is 1. The average Bonchev–Trinajstić information content (AvgIpc) is 2.66. The maximum Gasteiger partial charge on any atom is 0.417 e. The smallest absolute Gasteiger partial charge is 0.379 e. The van der Waals surface area contributed by atoms with Crippen LogP contribution in [0.4, 0.5) is 18.9 Å². The minimum absolute atomic E-state index is 0.140. The molecule has 10 heteroatoms. The summed E-state index contributed by atoms with van der Waals surface area (Å²) in [4.78, 5) is 12.2. The Kier molecular flexibility index (Phi) is 6.39. The second-order valence-corrected chi connectivity index (χ2v) is 8.62. The fraction of sp³-hybridized carbons (Fsp3) is 0.200. The van der Waals surface area contributed by atoms with Crippen molar-refractivity contribution < 1.29 is 31.5 Å². The maximum absolute atomic E-state index is 13.1. The van der Waals surface area contributed by atoms with Gasteiger partial charge < -0.3 is 10.4 Å². The monoisotopic (exact) mass is 438 g/mol. The number of carbonyl (C=O) groups excluding carboxylic acids is 1. The predicted octanol–water partition coefficient (Wildman–Crippen LogP) is 3.38. The van der Waals surface area contributed by atoms with E-state index in [1.165, 1.54) is 36.4 Å². The van der Waals surface area contributed by atoms with E-state index in [4.69, 9.17) is 5.26 Å². The van der Waals surface area contributed by atoms with Crippen molar-refractivity contribution in [3.8, 4) is 6.07 Å². The Morgan fingerprint density at radius 1 is 1.23 bits per heavy atom. The SMILES string of the molecule is C=Cc1ccc(S(=O)(=O)CC(C)(O)C(=O)Nc2ccc(C#N)c(C(F)(F)F)c2)cc1. The molecule has 2 rings (SSSR count). The number of sulfone groups is 1. The lowest BCUT2D eigenvalue weighted by Crippen LogP contribution is -2.45. The molecule has 1 unspecified atom stereocenters. The van der Waals surface area contributed by atoms with Crippen LogP contribution >= 0.6 is 0 Å². The number of hydrogen-bond acceptors (Lipinski definition) is 5. The molecule has 1 atom stereocenters. The summed E-state index contributed by atoms with van der Waals surface area (Å²) in [5, 5.41) is 21.3. The molecule has 6 nitrogen and oxygen atoms in total. The minimum atomic E-state index is -4.84. The fourth-order valence-corrected chi connectivity index (χ4v) is 4.14. The molecule has 1 amide bonds. The molecule has 0 aromatic heterocycles. The number of alkyl halides is 3. The van der Waals surface area contributed by atoms with Crippen molar-refractivity contribution in [1.82, 2.24) is 0 Å². The number of nitrogens with one attached hydrogen (secondary N) is 1. The largest absolute Gasteiger partial charge is 0.417 e. The molecular formula is C20H17F3N2O4S. The summed E-state index contributed by atoms with van der Waals surface area (Å²) in [6.45, 7) is 4.48. The zero-order valence-electron chi connectivity index (χ0n) is 15.7. The maximum atomic E-state index is 13.1. The summed E-state index contributed by atoms with van der Waals surface area (Å²) in [5.74, 6) is -2.21. The van der Waals surface area contributed by atoms with Crippen LogP contribution in [0.2, 0.25) is 0 Å². The Morgan fingerprint density at radius 2 is 1.83 bits per heavy atom. The summed E-state index contributed by atoms with van der Waals surface area (Å²) >= 11 is 0. The number of nitrogens with zero attached hydrogens (tertiary/aromatic N) is 1. The molecule has 158 valence electrons. The standard InChI is InChI=1S/C20H17F3N2O4S/c1-3-13-4-8-16(9-5-13)30(28,29)12-19(2,27)18(26)25-15-7-6-14(11-24)17(10-15)20(21,22)23/h3-10,27H,1,12H2,2H3,(H,25,26). The predicted molar refractivity (Wildman–Crippen MR) is 104 cm³/mol. The number of benzene rings is 2. The number of aliphatic hydroxyl groups is 1. The highest BCUT2D eigenvalue weighted by molar-refractivity contribution is 7.91. The molecule has 2 N–H and O–H groups in total. The molecule has 0 saturated carbocycles. The van der Waals surface area contributed by atoms with Gasteiger partial charge >= 0.3 is 6.18 Å². The van der Waals surface area contributed by atoms with Gasteiger partial charge in [-0.2, -0.15) is 18.4 Å². The normalized spacial score (nSPS) is 13.7. The van der Waals surface area contributed by atoms with E-state index in [-0.39, 0.29) is 10.6 Å². The van der Waals surface area contributed by atoms with Crippen LogP contribution in [0.5, 0.6) is 0 Å². The average molecular weight is 438 g/mol. The Bertz CT molecular complexity index is 1120. The number of hydrogen-bond donors (Lipinski definition) is 2. The van der Waals surface area contributed by atoms with Gasteiger partial charge in [0, 0.05) is 5.69 Å². The highest BCUT2D eigenvalue weighted by atomic mass is 32.2. The molecule has 0 aliphatic rings. The van der Waals surface area contributed by atoms with Crippen molar-refractivity contribution in [3.63, 3.8) is 0 Å². The van der Waals surface area contributed by atoms with Gasteiger partial charge in [0.15, 0.2) is 15.4 Å².